The van der Waals surface area contributed by atoms with Gasteiger partial charge in [0.1, 0.15) is 5.70 Å². The van der Waals surface area contributed by atoms with E-state index < -0.39 is 11.8 Å². The van der Waals surface area contributed by atoms with E-state index in [1.165, 1.54) is 43.4 Å². The Morgan fingerprint density at radius 3 is 2.38 bits per heavy atom. The fourth-order valence-corrected chi connectivity index (χ4v) is 6.59. The molecule has 1 aromatic heterocycles. The van der Waals surface area contributed by atoms with Gasteiger partial charge in [0.05, 0.1) is 25.7 Å². The molecule has 0 radical (unpaired) electrons. The zero-order chi connectivity index (χ0) is 34.9. The van der Waals surface area contributed by atoms with Crippen LogP contribution in [0.25, 0.3) is 28.1 Å². The maximum absolute atomic E-state index is 13.6. The minimum Gasteiger partial charge on any atom is -0.493 e. The molecule has 250 valence electrons. The van der Waals surface area contributed by atoms with Gasteiger partial charge in [-0.15, -0.1) is 23.1 Å². The number of fused-ring (bicyclic) bond motifs is 1. The number of ether oxygens (including phenoxy) is 2. The van der Waals surface area contributed by atoms with Crippen LogP contribution in [-0.4, -0.2) is 42.7 Å². The topological polar surface area (TPSA) is 119 Å². The number of nitrogens with zero attached hydrogens (tertiary/aromatic N) is 1. The molecule has 11 heteroatoms. The third-order valence-corrected chi connectivity index (χ3v) is 9.27. The van der Waals surface area contributed by atoms with Gasteiger partial charge in [-0.25, -0.2) is 4.98 Å². The predicted octanol–water partition coefficient (Wildman–Crippen LogP) is 8.12. The molecule has 0 bridgehead atoms. The van der Waals surface area contributed by atoms with Gasteiger partial charge in [0.15, 0.2) is 16.6 Å². The highest BCUT2D eigenvalue weighted by Crippen LogP contribution is 2.32. The Morgan fingerprint density at radius 2 is 1.58 bits per heavy atom. The van der Waals surface area contributed by atoms with Crippen LogP contribution in [0.3, 0.4) is 0 Å². The number of hydrogen-bond acceptors (Lipinski definition) is 8. The fourth-order valence-electron chi connectivity index (χ4n) is 5.10. The lowest BCUT2D eigenvalue weighted by Gasteiger charge is -2.14. The maximum atomic E-state index is 13.6. The largest absolute Gasteiger partial charge is 0.493 e. The average molecular weight is 701 g/mol. The number of rotatable bonds is 12. The summed E-state index contributed by atoms with van der Waals surface area (Å²) in [6.07, 6.45) is 1.53. The van der Waals surface area contributed by atoms with Crippen molar-refractivity contribution in [2.24, 2.45) is 0 Å². The van der Waals surface area contributed by atoms with Gasteiger partial charge in [-0.05, 0) is 59.3 Å². The van der Waals surface area contributed by atoms with Gasteiger partial charge >= 0.3 is 0 Å². The van der Waals surface area contributed by atoms with Crippen LogP contribution in [0.4, 0.5) is 10.8 Å². The second-order valence-corrected chi connectivity index (χ2v) is 12.8. The fraction of sp³-hybridized carbons (Fsp3) is 0.0769. The Morgan fingerprint density at radius 1 is 0.800 bits per heavy atom. The summed E-state index contributed by atoms with van der Waals surface area (Å²) < 4.78 is 10.9. The minimum absolute atomic E-state index is 0.00523. The summed E-state index contributed by atoms with van der Waals surface area (Å²) in [4.78, 5) is 45.0. The second-order valence-electron chi connectivity index (χ2n) is 10.9. The summed E-state index contributed by atoms with van der Waals surface area (Å²) in [6.45, 7) is 0. The number of nitrogens with one attached hydrogen (secondary N) is 3. The van der Waals surface area contributed by atoms with Gasteiger partial charge in [0.2, 0.25) is 5.91 Å². The Balaban J connectivity index is 1.12. The molecule has 9 nitrogen and oxygen atoms in total. The van der Waals surface area contributed by atoms with E-state index in [1.54, 1.807) is 66.7 Å². The summed E-state index contributed by atoms with van der Waals surface area (Å²) in [5, 5.41) is 13.2. The highest BCUT2D eigenvalue weighted by atomic mass is 32.2. The van der Waals surface area contributed by atoms with E-state index in [-0.39, 0.29) is 17.4 Å². The van der Waals surface area contributed by atoms with Crippen LogP contribution in [0.2, 0.25) is 0 Å². The summed E-state index contributed by atoms with van der Waals surface area (Å²) in [6, 6.07) is 35.3. The minimum atomic E-state index is -0.551. The van der Waals surface area contributed by atoms with Gasteiger partial charge in [-0.3, -0.25) is 14.4 Å². The van der Waals surface area contributed by atoms with Crippen LogP contribution < -0.4 is 25.4 Å². The molecule has 0 saturated heterocycles. The van der Waals surface area contributed by atoms with Crippen molar-refractivity contribution in [3.8, 4) is 22.8 Å². The number of hydrogen-bond donors (Lipinski definition) is 3. The third kappa shape index (κ3) is 8.38. The van der Waals surface area contributed by atoms with Gasteiger partial charge in [-0.1, -0.05) is 72.8 Å². The quantitative estimate of drug-likeness (QED) is 0.0872. The molecule has 0 aliphatic rings. The molecule has 0 fully saturated rings. The number of thioether (sulfide) groups is 1. The van der Waals surface area contributed by atoms with E-state index in [4.69, 9.17) is 9.47 Å². The van der Waals surface area contributed by atoms with E-state index in [2.05, 4.69) is 45.2 Å². The molecule has 5 aromatic carbocycles. The highest BCUT2D eigenvalue weighted by Gasteiger charge is 2.18. The van der Waals surface area contributed by atoms with E-state index in [9.17, 15) is 14.4 Å². The van der Waals surface area contributed by atoms with Crippen LogP contribution in [0.1, 0.15) is 15.9 Å². The normalized spacial score (nSPS) is 11.1. The average Bonchev–Trinajstić information content (AvgIpc) is 3.62. The maximum Gasteiger partial charge on any atom is 0.272 e. The van der Waals surface area contributed by atoms with Crippen LogP contribution in [0, 0.1) is 0 Å². The molecule has 0 spiro atoms. The van der Waals surface area contributed by atoms with Gasteiger partial charge in [-0.2, -0.15) is 0 Å². The van der Waals surface area contributed by atoms with Crippen LogP contribution >= 0.6 is 23.1 Å². The molecule has 3 amide bonds. The first-order valence-electron chi connectivity index (χ1n) is 15.5. The molecule has 0 aliphatic heterocycles. The first-order chi connectivity index (χ1) is 24.4. The summed E-state index contributed by atoms with van der Waals surface area (Å²) in [5.41, 5.74) is 3.18. The molecular formula is C39H32N4O5S2. The van der Waals surface area contributed by atoms with Crippen molar-refractivity contribution in [3.63, 3.8) is 0 Å². The number of benzene rings is 5. The molecule has 1 heterocycles. The zero-order valence-electron chi connectivity index (χ0n) is 27.1. The summed E-state index contributed by atoms with van der Waals surface area (Å²) in [5.74, 6) is -0.183. The molecule has 50 heavy (non-hydrogen) atoms. The van der Waals surface area contributed by atoms with E-state index in [0.717, 1.165) is 26.9 Å². The predicted molar refractivity (Wildman–Crippen MR) is 201 cm³/mol. The standard InChI is InChI=1S/C39H32N4O5S2/c1-47-34-17-8-14-29(36(34)48-2)21-32(41-37(45)26-11-4-3-5-12-26)38(46)40-30-15-9-16-31(22-30)49-24-35(44)43-39-42-33(23-50-39)28-19-18-25-10-6-7-13-27(25)20-28/h3-23H,24H2,1-2H3,(H,40,46)(H,41,45)(H,42,43,44)/b32-21+. The smallest absolute Gasteiger partial charge is 0.272 e. The van der Waals surface area contributed by atoms with E-state index in [1.807, 2.05) is 29.6 Å². The first kappa shape index (κ1) is 34.0. The number of amides is 3. The van der Waals surface area contributed by atoms with Gasteiger partial charge < -0.3 is 25.4 Å². The monoisotopic (exact) mass is 700 g/mol. The summed E-state index contributed by atoms with van der Waals surface area (Å²) >= 11 is 2.69. The van der Waals surface area contributed by atoms with Gasteiger partial charge in [0, 0.05) is 32.7 Å². The summed E-state index contributed by atoms with van der Waals surface area (Å²) in [7, 11) is 3.02. The number of carbonyl (C=O) groups is 3. The molecule has 0 unspecified atom stereocenters. The Hall–Kier alpha value is -5.91. The number of para-hydroxylation sites is 1. The molecule has 0 saturated carbocycles. The SMILES string of the molecule is COc1cccc(/C=C(/NC(=O)c2ccccc2)C(=O)Nc2cccc(SCC(=O)Nc3nc(-c4ccc5ccccc5c4)cs3)c2)c1OC. The van der Waals surface area contributed by atoms with E-state index >= 15 is 0 Å². The molecule has 6 aromatic rings. The van der Waals surface area contributed by atoms with Crippen molar-refractivity contribution in [2.45, 2.75) is 4.90 Å². The van der Waals surface area contributed by atoms with Crippen LogP contribution in [-0.2, 0) is 9.59 Å². The lowest BCUT2D eigenvalue weighted by atomic mass is 10.1. The molecular weight excluding hydrogens is 669 g/mol. The van der Waals surface area contributed by atoms with Gasteiger partial charge in [0.25, 0.3) is 11.8 Å². The number of carbonyl (C=O) groups excluding carboxylic acids is 3. The highest BCUT2D eigenvalue weighted by molar-refractivity contribution is 8.00. The van der Waals surface area contributed by atoms with Crippen LogP contribution in [0.5, 0.6) is 11.5 Å². The third-order valence-electron chi connectivity index (χ3n) is 7.52. The zero-order valence-corrected chi connectivity index (χ0v) is 28.8. The number of aromatic nitrogens is 1. The van der Waals surface area contributed by atoms with Crippen molar-refractivity contribution >= 4 is 68.5 Å². The molecule has 0 aliphatic carbocycles. The van der Waals surface area contributed by atoms with Crippen molar-refractivity contribution in [1.29, 1.82) is 0 Å². The molecule has 6 rings (SSSR count). The van der Waals surface area contributed by atoms with Crippen molar-refractivity contribution in [3.05, 3.63) is 137 Å². The lowest BCUT2D eigenvalue weighted by Crippen LogP contribution is -2.30. The second kappa shape index (κ2) is 16.0. The van der Waals surface area contributed by atoms with E-state index in [0.29, 0.717) is 33.4 Å². The Kier molecular flexibility index (Phi) is 10.9. The number of thiazole rings is 1. The lowest BCUT2D eigenvalue weighted by molar-refractivity contribution is -0.114. The Labute approximate surface area is 297 Å². The van der Waals surface area contributed by atoms with Crippen molar-refractivity contribution < 1.29 is 23.9 Å². The van der Waals surface area contributed by atoms with Crippen molar-refractivity contribution in [1.82, 2.24) is 10.3 Å². The molecule has 0 atom stereocenters. The number of anilines is 2. The van der Waals surface area contributed by atoms with Crippen LogP contribution in [0.15, 0.2) is 131 Å². The van der Waals surface area contributed by atoms with Crippen molar-refractivity contribution in [2.75, 3.05) is 30.6 Å². The first-order valence-corrected chi connectivity index (χ1v) is 17.3. The Bertz CT molecular complexity index is 2200. The number of methoxy groups -OCH3 is 2. The molecule has 3 N–H and O–H groups in total.